The number of piperidine rings is 1. The van der Waals surface area contributed by atoms with Crippen LogP contribution in [0.4, 0.5) is 0 Å². The minimum Gasteiger partial charge on any atom is -0.490 e. The van der Waals surface area contributed by atoms with Crippen molar-refractivity contribution in [1.82, 2.24) is 5.32 Å². The highest BCUT2D eigenvalue weighted by molar-refractivity contribution is 5.77. The third kappa shape index (κ3) is 6.75. The molecule has 0 aliphatic carbocycles. The number of carbonyl (C=O) groups excluding carboxylic acids is 2. The van der Waals surface area contributed by atoms with Crippen LogP contribution in [0.5, 0.6) is 11.5 Å². The number of benzene rings is 1. The van der Waals surface area contributed by atoms with E-state index >= 15 is 0 Å². The van der Waals surface area contributed by atoms with Crippen molar-refractivity contribution in [2.75, 3.05) is 39.4 Å². The molecule has 2 atom stereocenters. The number of carbonyl (C=O) groups is 2. The molecule has 150 valence electrons. The van der Waals surface area contributed by atoms with Crippen LogP contribution in [-0.4, -0.2) is 51.2 Å². The summed E-state index contributed by atoms with van der Waals surface area (Å²) in [6.07, 6.45) is 2.49. The standard InChI is InChI=1S/C20H31N3O4/c1-3-26-17-8-7-15(12-18(17)27-4-2)9-10-22-19(24)14-23-11-5-6-16(13-23)20(21)25/h7-8,12,16H,3-6,9-11,13-14H2,1-2H3,(H2,21,25)(H,22,24)/p+1/t16-/m0/s1. The van der Waals surface area contributed by atoms with Crippen LogP contribution in [0.3, 0.4) is 0 Å². The Labute approximate surface area is 161 Å². The first-order valence-corrected chi connectivity index (χ1v) is 9.81. The molecule has 1 saturated heterocycles. The minimum atomic E-state index is -0.256. The zero-order valence-corrected chi connectivity index (χ0v) is 16.4. The summed E-state index contributed by atoms with van der Waals surface area (Å²) in [5, 5.41) is 2.97. The summed E-state index contributed by atoms with van der Waals surface area (Å²) in [7, 11) is 0. The van der Waals surface area contributed by atoms with Crippen molar-refractivity contribution in [3.05, 3.63) is 23.8 Å². The van der Waals surface area contributed by atoms with Gasteiger partial charge in [-0.2, -0.15) is 0 Å². The lowest BCUT2D eigenvalue weighted by Crippen LogP contribution is -3.15. The number of quaternary nitrogens is 1. The molecule has 7 nitrogen and oxygen atoms in total. The summed E-state index contributed by atoms with van der Waals surface area (Å²) in [5.74, 6) is 1.12. The molecular formula is C20H32N3O4+. The van der Waals surface area contributed by atoms with Gasteiger partial charge in [-0.3, -0.25) is 9.59 Å². The second-order valence-electron chi connectivity index (χ2n) is 6.87. The second-order valence-corrected chi connectivity index (χ2v) is 6.87. The third-order valence-electron chi connectivity index (χ3n) is 4.77. The number of amides is 2. The van der Waals surface area contributed by atoms with Crippen molar-refractivity contribution in [1.29, 1.82) is 0 Å². The fourth-order valence-electron chi connectivity index (χ4n) is 3.44. The predicted molar refractivity (Wildman–Crippen MR) is 103 cm³/mol. The number of likely N-dealkylation sites (tertiary alicyclic amines) is 1. The molecule has 0 radical (unpaired) electrons. The number of nitrogens with two attached hydrogens (primary N) is 1. The van der Waals surface area contributed by atoms with Crippen molar-refractivity contribution in [2.24, 2.45) is 11.7 Å². The fourth-order valence-corrected chi connectivity index (χ4v) is 3.44. The van der Waals surface area contributed by atoms with E-state index in [4.69, 9.17) is 15.2 Å². The van der Waals surface area contributed by atoms with Crippen LogP contribution in [0.2, 0.25) is 0 Å². The van der Waals surface area contributed by atoms with E-state index in [9.17, 15) is 9.59 Å². The van der Waals surface area contributed by atoms with Crippen LogP contribution in [0, 0.1) is 5.92 Å². The number of hydrogen-bond donors (Lipinski definition) is 3. The Morgan fingerprint density at radius 2 is 1.96 bits per heavy atom. The first kappa shape index (κ1) is 21.0. The van der Waals surface area contributed by atoms with E-state index in [1.54, 1.807) is 0 Å². The van der Waals surface area contributed by atoms with E-state index in [0.717, 1.165) is 47.8 Å². The molecule has 1 aromatic carbocycles. The molecule has 1 heterocycles. The highest BCUT2D eigenvalue weighted by atomic mass is 16.5. The van der Waals surface area contributed by atoms with Crippen LogP contribution in [-0.2, 0) is 16.0 Å². The average Bonchev–Trinajstić information content (AvgIpc) is 2.64. The normalized spacial score (nSPS) is 19.3. The van der Waals surface area contributed by atoms with Gasteiger partial charge in [-0.25, -0.2) is 0 Å². The minimum absolute atomic E-state index is 0.00564. The summed E-state index contributed by atoms with van der Waals surface area (Å²) in [4.78, 5) is 24.7. The molecule has 1 aliphatic heterocycles. The van der Waals surface area contributed by atoms with Crippen LogP contribution in [0.25, 0.3) is 0 Å². The van der Waals surface area contributed by atoms with Crippen molar-refractivity contribution in [3.8, 4) is 11.5 Å². The predicted octanol–water partition coefficient (Wildman–Crippen LogP) is -0.0771. The van der Waals surface area contributed by atoms with Gasteiger partial charge >= 0.3 is 0 Å². The van der Waals surface area contributed by atoms with Crippen molar-refractivity contribution in [3.63, 3.8) is 0 Å². The smallest absolute Gasteiger partial charge is 0.275 e. The Kier molecular flexibility index (Phi) is 8.39. The molecule has 1 unspecified atom stereocenters. The van der Waals surface area contributed by atoms with Gasteiger partial charge in [-0.15, -0.1) is 0 Å². The molecular weight excluding hydrogens is 346 g/mol. The molecule has 0 aromatic heterocycles. The zero-order valence-electron chi connectivity index (χ0n) is 16.4. The average molecular weight is 378 g/mol. The third-order valence-corrected chi connectivity index (χ3v) is 4.77. The topological polar surface area (TPSA) is 95.1 Å². The maximum absolute atomic E-state index is 12.2. The maximum Gasteiger partial charge on any atom is 0.275 e. The van der Waals surface area contributed by atoms with Gasteiger partial charge in [0.05, 0.1) is 32.2 Å². The van der Waals surface area contributed by atoms with E-state index in [0.29, 0.717) is 32.8 Å². The van der Waals surface area contributed by atoms with E-state index in [2.05, 4.69) is 5.32 Å². The second kappa shape index (κ2) is 10.8. The Morgan fingerprint density at radius 1 is 1.22 bits per heavy atom. The van der Waals surface area contributed by atoms with E-state index in [-0.39, 0.29) is 17.7 Å². The molecule has 0 saturated carbocycles. The van der Waals surface area contributed by atoms with Crippen LogP contribution in [0.1, 0.15) is 32.3 Å². The number of ether oxygens (including phenoxy) is 2. The number of primary amides is 1. The van der Waals surface area contributed by atoms with Crippen LogP contribution >= 0.6 is 0 Å². The van der Waals surface area contributed by atoms with Gasteiger partial charge in [0, 0.05) is 6.54 Å². The molecule has 27 heavy (non-hydrogen) atoms. The Hall–Kier alpha value is -2.28. The summed E-state index contributed by atoms with van der Waals surface area (Å²) in [6.45, 7) is 7.55. The van der Waals surface area contributed by atoms with Gasteiger partial charge in [0.1, 0.15) is 0 Å². The molecule has 2 amide bonds. The number of rotatable bonds is 10. The molecule has 4 N–H and O–H groups in total. The lowest BCUT2D eigenvalue weighted by atomic mass is 9.97. The SMILES string of the molecule is CCOc1ccc(CCNC(=O)C[NH+]2CCC[C@H](C(N)=O)C2)cc1OCC. The highest BCUT2D eigenvalue weighted by Gasteiger charge is 2.28. The van der Waals surface area contributed by atoms with E-state index in [1.807, 2.05) is 32.0 Å². The quantitative estimate of drug-likeness (QED) is 0.531. The van der Waals surface area contributed by atoms with Crippen molar-refractivity contribution >= 4 is 11.8 Å². The van der Waals surface area contributed by atoms with E-state index < -0.39 is 0 Å². The zero-order chi connectivity index (χ0) is 19.6. The number of nitrogens with one attached hydrogen (secondary N) is 2. The Balaban J connectivity index is 1.79. The highest BCUT2D eigenvalue weighted by Crippen LogP contribution is 2.28. The lowest BCUT2D eigenvalue weighted by Gasteiger charge is -2.27. The van der Waals surface area contributed by atoms with Crippen molar-refractivity contribution < 1.29 is 24.0 Å². The van der Waals surface area contributed by atoms with Gasteiger partial charge in [0.25, 0.3) is 5.91 Å². The maximum atomic E-state index is 12.2. The molecule has 1 fully saturated rings. The summed E-state index contributed by atoms with van der Waals surface area (Å²) >= 11 is 0. The van der Waals surface area contributed by atoms with Gasteiger partial charge < -0.3 is 25.4 Å². The van der Waals surface area contributed by atoms with Gasteiger partial charge in [-0.05, 0) is 50.8 Å². The summed E-state index contributed by atoms with van der Waals surface area (Å²) in [5.41, 5.74) is 6.48. The molecule has 1 aliphatic rings. The summed E-state index contributed by atoms with van der Waals surface area (Å²) < 4.78 is 11.2. The molecule has 0 bridgehead atoms. The molecule has 0 spiro atoms. The van der Waals surface area contributed by atoms with Crippen molar-refractivity contribution in [2.45, 2.75) is 33.1 Å². The van der Waals surface area contributed by atoms with Crippen LogP contribution < -0.4 is 25.4 Å². The van der Waals surface area contributed by atoms with Gasteiger partial charge in [0.2, 0.25) is 5.91 Å². The monoisotopic (exact) mass is 378 g/mol. The van der Waals surface area contributed by atoms with Crippen LogP contribution in [0.15, 0.2) is 18.2 Å². The van der Waals surface area contributed by atoms with Gasteiger partial charge in [-0.1, -0.05) is 6.07 Å². The largest absolute Gasteiger partial charge is 0.490 e. The molecule has 2 rings (SSSR count). The molecule has 7 heteroatoms. The Bertz CT molecular complexity index is 636. The van der Waals surface area contributed by atoms with E-state index in [1.165, 1.54) is 0 Å². The lowest BCUT2D eigenvalue weighted by molar-refractivity contribution is -0.899. The van der Waals surface area contributed by atoms with Gasteiger partial charge in [0.15, 0.2) is 18.0 Å². The number of hydrogen-bond acceptors (Lipinski definition) is 4. The summed E-state index contributed by atoms with van der Waals surface area (Å²) in [6, 6.07) is 5.87. The fraction of sp³-hybridized carbons (Fsp3) is 0.600. The first-order chi connectivity index (χ1) is 13.0. The first-order valence-electron chi connectivity index (χ1n) is 9.81. The Morgan fingerprint density at radius 3 is 2.67 bits per heavy atom. The molecule has 1 aromatic rings.